The van der Waals surface area contributed by atoms with Crippen LogP contribution in [0.4, 0.5) is 0 Å². The molecular formula is C19H19NO4. The van der Waals surface area contributed by atoms with Gasteiger partial charge in [0.05, 0.1) is 19.4 Å². The Hall–Kier alpha value is -2.82. The third kappa shape index (κ3) is 4.35. The summed E-state index contributed by atoms with van der Waals surface area (Å²) in [6.07, 6.45) is 3.49. The van der Waals surface area contributed by atoms with Gasteiger partial charge in [0.25, 0.3) is 0 Å². The number of benzene rings is 1. The molecule has 0 amide bonds. The van der Waals surface area contributed by atoms with Crippen LogP contribution >= 0.6 is 0 Å². The monoisotopic (exact) mass is 325 g/mol. The molecule has 24 heavy (non-hydrogen) atoms. The number of hydrogen-bond donors (Lipinski definition) is 0. The second-order valence-electron chi connectivity index (χ2n) is 5.49. The molecule has 0 spiro atoms. The fourth-order valence-electron chi connectivity index (χ4n) is 2.25. The number of fused-ring (bicyclic) bond motifs is 1. The Bertz CT molecular complexity index is 855. The van der Waals surface area contributed by atoms with Gasteiger partial charge < -0.3 is 13.9 Å². The van der Waals surface area contributed by atoms with Crippen LogP contribution in [0.2, 0.25) is 0 Å². The third-order valence-corrected chi connectivity index (χ3v) is 3.55. The lowest BCUT2D eigenvalue weighted by Crippen LogP contribution is -2.03. The number of nitrogens with zero attached hydrogens (tertiary/aromatic N) is 1. The molecule has 1 aromatic carbocycles. The molecule has 2 heterocycles. The van der Waals surface area contributed by atoms with Crippen molar-refractivity contribution in [1.29, 1.82) is 0 Å². The first kappa shape index (κ1) is 16.1. The Balaban J connectivity index is 1.41. The normalized spacial score (nSPS) is 10.7. The molecule has 0 aliphatic rings. The van der Waals surface area contributed by atoms with E-state index in [-0.39, 0.29) is 5.63 Å². The zero-order valence-electron chi connectivity index (χ0n) is 13.5. The lowest BCUT2D eigenvalue weighted by Gasteiger charge is -2.08. The predicted octanol–water partition coefficient (Wildman–Crippen LogP) is 3.73. The van der Waals surface area contributed by atoms with Gasteiger partial charge in [0.15, 0.2) is 0 Å². The Morgan fingerprint density at radius 3 is 2.42 bits per heavy atom. The minimum atomic E-state index is -0.359. The molecule has 124 valence electrons. The van der Waals surface area contributed by atoms with E-state index in [1.807, 2.05) is 31.2 Å². The Morgan fingerprint density at radius 2 is 1.67 bits per heavy atom. The highest BCUT2D eigenvalue weighted by atomic mass is 16.5. The van der Waals surface area contributed by atoms with Crippen molar-refractivity contribution in [2.75, 3.05) is 13.2 Å². The van der Waals surface area contributed by atoms with E-state index in [9.17, 15) is 4.79 Å². The minimum absolute atomic E-state index is 0.359. The van der Waals surface area contributed by atoms with Gasteiger partial charge in [-0.1, -0.05) is 0 Å². The Morgan fingerprint density at radius 1 is 0.958 bits per heavy atom. The SMILES string of the molecule is Cc1ccc(OCCCCOc2ccc3ccc(=O)oc3c2)cn1. The van der Waals surface area contributed by atoms with Crippen LogP contribution in [0, 0.1) is 6.92 Å². The fourth-order valence-corrected chi connectivity index (χ4v) is 2.25. The van der Waals surface area contributed by atoms with Crippen molar-refractivity contribution in [3.63, 3.8) is 0 Å². The van der Waals surface area contributed by atoms with Crippen LogP contribution < -0.4 is 15.1 Å². The topological polar surface area (TPSA) is 61.6 Å². The van der Waals surface area contributed by atoms with Gasteiger partial charge in [0, 0.05) is 23.2 Å². The maximum absolute atomic E-state index is 11.2. The van der Waals surface area contributed by atoms with E-state index >= 15 is 0 Å². The molecule has 2 aromatic heterocycles. The molecule has 5 heteroatoms. The van der Waals surface area contributed by atoms with Crippen LogP contribution in [0.1, 0.15) is 18.5 Å². The summed E-state index contributed by atoms with van der Waals surface area (Å²) >= 11 is 0. The van der Waals surface area contributed by atoms with Crippen LogP contribution in [0.25, 0.3) is 11.0 Å². The molecule has 3 rings (SSSR count). The van der Waals surface area contributed by atoms with Crippen molar-refractivity contribution in [1.82, 2.24) is 4.98 Å². The highest BCUT2D eigenvalue weighted by molar-refractivity contribution is 5.77. The van der Waals surface area contributed by atoms with E-state index in [1.54, 1.807) is 18.3 Å². The van der Waals surface area contributed by atoms with Crippen LogP contribution in [-0.4, -0.2) is 18.2 Å². The number of aryl methyl sites for hydroxylation is 1. The number of unbranched alkanes of at least 4 members (excludes halogenated alkanes) is 1. The summed E-state index contributed by atoms with van der Waals surface area (Å²) in [5.41, 5.74) is 1.15. The molecule has 5 nitrogen and oxygen atoms in total. The van der Waals surface area contributed by atoms with Gasteiger partial charge in [-0.2, -0.15) is 0 Å². The molecule has 0 aliphatic carbocycles. The number of aromatic nitrogens is 1. The van der Waals surface area contributed by atoms with Crippen molar-refractivity contribution in [2.24, 2.45) is 0 Å². The number of pyridine rings is 1. The smallest absolute Gasteiger partial charge is 0.336 e. The van der Waals surface area contributed by atoms with E-state index in [0.29, 0.717) is 24.5 Å². The summed E-state index contributed by atoms with van der Waals surface area (Å²) in [5.74, 6) is 1.48. The summed E-state index contributed by atoms with van der Waals surface area (Å²) in [5, 5.41) is 0.877. The van der Waals surface area contributed by atoms with Gasteiger partial charge in [-0.15, -0.1) is 0 Å². The van der Waals surface area contributed by atoms with Gasteiger partial charge in [-0.05, 0) is 50.1 Å². The molecule has 0 fully saturated rings. The molecule has 0 N–H and O–H groups in total. The van der Waals surface area contributed by atoms with E-state index in [2.05, 4.69) is 4.98 Å². The zero-order chi connectivity index (χ0) is 16.8. The van der Waals surface area contributed by atoms with Crippen LogP contribution in [0.5, 0.6) is 11.5 Å². The first-order valence-electron chi connectivity index (χ1n) is 7.93. The van der Waals surface area contributed by atoms with E-state index in [1.165, 1.54) is 6.07 Å². The van der Waals surface area contributed by atoms with Crippen LogP contribution in [-0.2, 0) is 0 Å². The lowest BCUT2D eigenvalue weighted by atomic mass is 10.2. The molecule has 0 unspecified atom stereocenters. The molecule has 0 saturated carbocycles. The molecule has 3 aromatic rings. The summed E-state index contributed by atoms with van der Waals surface area (Å²) in [4.78, 5) is 15.4. The minimum Gasteiger partial charge on any atom is -0.493 e. The van der Waals surface area contributed by atoms with E-state index < -0.39 is 0 Å². The van der Waals surface area contributed by atoms with Crippen molar-refractivity contribution in [3.8, 4) is 11.5 Å². The highest BCUT2D eigenvalue weighted by Gasteiger charge is 2.01. The van der Waals surface area contributed by atoms with Crippen molar-refractivity contribution >= 4 is 11.0 Å². The first-order chi connectivity index (χ1) is 11.7. The average molecular weight is 325 g/mol. The first-order valence-corrected chi connectivity index (χ1v) is 7.93. The van der Waals surface area contributed by atoms with Crippen molar-refractivity contribution < 1.29 is 13.9 Å². The van der Waals surface area contributed by atoms with Crippen molar-refractivity contribution in [3.05, 3.63) is 64.8 Å². The van der Waals surface area contributed by atoms with Gasteiger partial charge in [-0.25, -0.2) is 4.79 Å². The maximum Gasteiger partial charge on any atom is 0.336 e. The quantitative estimate of drug-likeness (QED) is 0.489. The maximum atomic E-state index is 11.2. The highest BCUT2D eigenvalue weighted by Crippen LogP contribution is 2.19. The van der Waals surface area contributed by atoms with Crippen molar-refractivity contribution in [2.45, 2.75) is 19.8 Å². The molecule has 0 aliphatic heterocycles. The Kier molecular flexibility index (Phi) is 5.11. The largest absolute Gasteiger partial charge is 0.493 e. The summed E-state index contributed by atoms with van der Waals surface area (Å²) in [6.45, 7) is 3.15. The molecule has 0 atom stereocenters. The van der Waals surface area contributed by atoms with Gasteiger partial charge >= 0.3 is 5.63 Å². The predicted molar refractivity (Wildman–Crippen MR) is 91.7 cm³/mol. The van der Waals surface area contributed by atoms with E-state index in [0.717, 1.165) is 29.7 Å². The number of rotatable bonds is 7. The van der Waals surface area contributed by atoms with E-state index in [4.69, 9.17) is 13.9 Å². The molecular weight excluding hydrogens is 306 g/mol. The van der Waals surface area contributed by atoms with Crippen LogP contribution in [0.15, 0.2) is 57.9 Å². The lowest BCUT2D eigenvalue weighted by molar-refractivity contribution is 0.266. The second kappa shape index (κ2) is 7.64. The average Bonchev–Trinajstić information content (AvgIpc) is 2.59. The molecule has 0 saturated heterocycles. The summed E-state index contributed by atoms with van der Waals surface area (Å²) < 4.78 is 16.5. The number of hydrogen-bond acceptors (Lipinski definition) is 5. The van der Waals surface area contributed by atoms with Gasteiger partial charge in [-0.3, -0.25) is 4.98 Å². The summed E-state index contributed by atoms with van der Waals surface area (Å²) in [7, 11) is 0. The number of ether oxygens (including phenoxy) is 2. The van der Waals surface area contributed by atoms with Gasteiger partial charge in [0.1, 0.15) is 17.1 Å². The summed E-state index contributed by atoms with van der Waals surface area (Å²) in [6, 6.07) is 12.5. The van der Waals surface area contributed by atoms with Crippen LogP contribution in [0.3, 0.4) is 0 Å². The molecule has 0 bridgehead atoms. The fraction of sp³-hybridized carbons (Fsp3) is 0.263. The zero-order valence-corrected chi connectivity index (χ0v) is 13.5. The second-order valence-corrected chi connectivity index (χ2v) is 5.49. The molecule has 0 radical (unpaired) electrons. The third-order valence-electron chi connectivity index (χ3n) is 3.55. The standard InChI is InChI=1S/C19H19NO4/c1-14-4-7-17(13-20-14)23-11-3-2-10-22-16-8-5-15-6-9-19(21)24-18(15)12-16/h4-9,12-13H,2-3,10-11H2,1H3. The Labute approximate surface area is 139 Å². The van der Waals surface area contributed by atoms with Gasteiger partial charge in [0.2, 0.25) is 0 Å².